The van der Waals surface area contributed by atoms with Crippen LogP contribution in [0.2, 0.25) is 0 Å². The molecule has 8 heteroatoms. The Morgan fingerprint density at radius 3 is 2.96 bits per heavy atom. The van der Waals surface area contributed by atoms with Crippen molar-refractivity contribution in [3.63, 3.8) is 0 Å². The molecule has 0 aliphatic carbocycles. The van der Waals surface area contributed by atoms with Crippen molar-refractivity contribution in [2.24, 2.45) is 5.92 Å². The number of benzene rings is 1. The van der Waals surface area contributed by atoms with Crippen LogP contribution in [0, 0.1) is 5.92 Å². The number of anilines is 1. The van der Waals surface area contributed by atoms with Gasteiger partial charge in [-0.3, -0.25) is 9.59 Å². The highest BCUT2D eigenvalue weighted by atomic mass is 32.1. The van der Waals surface area contributed by atoms with Gasteiger partial charge in [0.05, 0.1) is 22.5 Å². The SMILES string of the molecule is CC1(C)NC(=O)CC1C(=O)Nc1ncc(-c2ccc3nnccc3c2)s1. The third-order valence-corrected chi connectivity index (χ3v) is 5.53. The van der Waals surface area contributed by atoms with E-state index in [1.165, 1.54) is 11.3 Å². The van der Waals surface area contributed by atoms with Crippen molar-refractivity contribution in [1.29, 1.82) is 0 Å². The molecular weight excluding hydrogens is 350 g/mol. The monoisotopic (exact) mass is 367 g/mol. The summed E-state index contributed by atoms with van der Waals surface area (Å²) in [6.45, 7) is 3.71. The van der Waals surface area contributed by atoms with Gasteiger partial charge in [-0.1, -0.05) is 17.4 Å². The molecule has 1 atom stereocenters. The maximum Gasteiger partial charge on any atom is 0.232 e. The highest BCUT2D eigenvalue weighted by Gasteiger charge is 2.43. The second-order valence-corrected chi connectivity index (χ2v) is 7.88. The summed E-state index contributed by atoms with van der Waals surface area (Å²) in [5.41, 5.74) is 1.28. The van der Waals surface area contributed by atoms with Crippen molar-refractivity contribution in [2.45, 2.75) is 25.8 Å². The van der Waals surface area contributed by atoms with Crippen LogP contribution in [0.25, 0.3) is 21.3 Å². The van der Waals surface area contributed by atoms with Crippen molar-refractivity contribution in [1.82, 2.24) is 20.5 Å². The molecule has 1 aromatic carbocycles. The van der Waals surface area contributed by atoms with Gasteiger partial charge in [0.25, 0.3) is 0 Å². The van der Waals surface area contributed by atoms with E-state index < -0.39 is 11.5 Å². The van der Waals surface area contributed by atoms with Crippen LogP contribution in [0.15, 0.2) is 36.7 Å². The second-order valence-electron chi connectivity index (χ2n) is 6.85. The van der Waals surface area contributed by atoms with Crippen LogP contribution in [0.3, 0.4) is 0 Å². The minimum atomic E-state index is -0.555. The fourth-order valence-electron chi connectivity index (χ4n) is 3.16. The standard InChI is InChI=1S/C18H17N5O2S/c1-18(2)12(8-15(24)22-18)16(25)21-17-19-9-14(26-17)11-3-4-13-10(7-11)5-6-20-23-13/h3-7,9,12H,8H2,1-2H3,(H,22,24)(H,19,21,25). The Morgan fingerprint density at radius 2 is 2.19 bits per heavy atom. The molecule has 2 aromatic heterocycles. The van der Waals surface area contributed by atoms with E-state index in [-0.39, 0.29) is 18.2 Å². The van der Waals surface area contributed by atoms with Crippen molar-refractivity contribution in [2.75, 3.05) is 5.32 Å². The molecule has 132 valence electrons. The zero-order valence-corrected chi connectivity index (χ0v) is 15.1. The number of amides is 2. The molecule has 0 bridgehead atoms. The number of carbonyl (C=O) groups is 2. The van der Waals surface area contributed by atoms with Crippen molar-refractivity contribution >= 4 is 39.2 Å². The predicted octanol–water partition coefficient (Wildman–Crippen LogP) is 2.61. The Bertz CT molecular complexity index is 1010. The van der Waals surface area contributed by atoms with Crippen LogP contribution >= 0.6 is 11.3 Å². The molecule has 3 aromatic rings. The number of aromatic nitrogens is 3. The lowest BCUT2D eigenvalue weighted by molar-refractivity contribution is -0.123. The van der Waals surface area contributed by atoms with Crippen LogP contribution in [-0.2, 0) is 9.59 Å². The Morgan fingerprint density at radius 1 is 1.35 bits per heavy atom. The first-order valence-electron chi connectivity index (χ1n) is 8.22. The number of carbonyl (C=O) groups excluding carboxylic acids is 2. The quantitative estimate of drug-likeness (QED) is 0.742. The molecule has 1 aliphatic heterocycles. The van der Waals surface area contributed by atoms with Gasteiger partial charge < -0.3 is 10.6 Å². The highest BCUT2D eigenvalue weighted by Crippen LogP contribution is 2.32. The van der Waals surface area contributed by atoms with Gasteiger partial charge >= 0.3 is 0 Å². The third kappa shape index (κ3) is 3.03. The van der Waals surface area contributed by atoms with Gasteiger partial charge in [-0.15, -0.1) is 0 Å². The predicted molar refractivity (Wildman–Crippen MR) is 99.6 cm³/mol. The Kier molecular flexibility index (Phi) is 3.91. The molecular formula is C18H17N5O2S. The number of thiazole rings is 1. The van der Waals surface area contributed by atoms with Gasteiger partial charge in [-0.2, -0.15) is 10.2 Å². The minimum Gasteiger partial charge on any atom is -0.350 e. The number of nitrogens with one attached hydrogen (secondary N) is 2. The van der Waals surface area contributed by atoms with E-state index in [1.807, 2.05) is 38.1 Å². The largest absolute Gasteiger partial charge is 0.350 e. The molecule has 2 N–H and O–H groups in total. The topological polar surface area (TPSA) is 96.9 Å². The van der Waals surface area contributed by atoms with E-state index in [0.717, 1.165) is 21.3 Å². The van der Waals surface area contributed by atoms with Crippen molar-refractivity contribution in [3.8, 4) is 10.4 Å². The summed E-state index contributed by atoms with van der Waals surface area (Å²) in [4.78, 5) is 29.4. The fraction of sp³-hybridized carbons (Fsp3) is 0.278. The van der Waals surface area contributed by atoms with Gasteiger partial charge in [0, 0.05) is 23.5 Å². The fourth-order valence-corrected chi connectivity index (χ4v) is 3.97. The Labute approximate surface area is 153 Å². The molecule has 1 unspecified atom stereocenters. The highest BCUT2D eigenvalue weighted by molar-refractivity contribution is 7.19. The summed E-state index contributed by atoms with van der Waals surface area (Å²) >= 11 is 1.40. The summed E-state index contributed by atoms with van der Waals surface area (Å²) in [7, 11) is 0. The number of hydrogen-bond acceptors (Lipinski definition) is 6. The summed E-state index contributed by atoms with van der Waals surface area (Å²) in [6.07, 6.45) is 3.59. The van der Waals surface area contributed by atoms with E-state index in [9.17, 15) is 9.59 Å². The molecule has 2 amide bonds. The molecule has 3 heterocycles. The number of hydrogen-bond donors (Lipinski definition) is 2. The van der Waals surface area contributed by atoms with E-state index in [4.69, 9.17) is 0 Å². The van der Waals surface area contributed by atoms with E-state index >= 15 is 0 Å². The average Bonchev–Trinajstić information content (AvgIpc) is 3.17. The van der Waals surface area contributed by atoms with Gasteiger partial charge in [0.15, 0.2) is 5.13 Å². The minimum absolute atomic E-state index is 0.103. The number of nitrogens with zero attached hydrogens (tertiary/aromatic N) is 3. The van der Waals surface area contributed by atoms with Crippen LogP contribution in [0.1, 0.15) is 20.3 Å². The lowest BCUT2D eigenvalue weighted by atomic mass is 9.88. The van der Waals surface area contributed by atoms with Crippen LogP contribution < -0.4 is 10.6 Å². The maximum absolute atomic E-state index is 12.5. The molecule has 0 spiro atoms. The third-order valence-electron chi connectivity index (χ3n) is 4.57. The van der Waals surface area contributed by atoms with Crippen LogP contribution in [0.5, 0.6) is 0 Å². The van der Waals surface area contributed by atoms with Crippen LogP contribution in [-0.4, -0.2) is 32.5 Å². The van der Waals surface area contributed by atoms with Crippen LogP contribution in [0.4, 0.5) is 5.13 Å². The Hall–Kier alpha value is -2.87. The van der Waals surface area contributed by atoms with Gasteiger partial charge in [0.2, 0.25) is 11.8 Å². The van der Waals surface area contributed by atoms with E-state index in [2.05, 4.69) is 25.8 Å². The maximum atomic E-state index is 12.5. The first-order valence-corrected chi connectivity index (χ1v) is 9.03. The van der Waals surface area contributed by atoms with Gasteiger partial charge in [0.1, 0.15) is 0 Å². The summed E-state index contributed by atoms with van der Waals surface area (Å²) < 4.78 is 0. The summed E-state index contributed by atoms with van der Waals surface area (Å²) in [6, 6.07) is 7.79. The van der Waals surface area contributed by atoms with Crippen molar-refractivity contribution < 1.29 is 9.59 Å². The molecule has 26 heavy (non-hydrogen) atoms. The molecule has 0 saturated carbocycles. The zero-order valence-electron chi connectivity index (χ0n) is 14.3. The molecule has 0 radical (unpaired) electrons. The van der Waals surface area contributed by atoms with Crippen molar-refractivity contribution in [3.05, 3.63) is 36.7 Å². The van der Waals surface area contributed by atoms with E-state index in [0.29, 0.717) is 5.13 Å². The Balaban J connectivity index is 1.54. The summed E-state index contributed by atoms with van der Waals surface area (Å²) in [5, 5.41) is 15.1. The smallest absolute Gasteiger partial charge is 0.232 e. The normalized spacial score (nSPS) is 18.7. The number of rotatable bonds is 3. The molecule has 1 fully saturated rings. The summed E-state index contributed by atoms with van der Waals surface area (Å²) in [5.74, 6) is -0.709. The average molecular weight is 367 g/mol. The zero-order chi connectivity index (χ0) is 18.3. The van der Waals surface area contributed by atoms with Gasteiger partial charge in [-0.25, -0.2) is 4.98 Å². The first-order chi connectivity index (χ1) is 12.4. The molecule has 4 rings (SSSR count). The number of fused-ring (bicyclic) bond motifs is 1. The lowest BCUT2D eigenvalue weighted by Gasteiger charge is -2.24. The molecule has 1 saturated heterocycles. The van der Waals surface area contributed by atoms with Gasteiger partial charge in [-0.05, 0) is 37.6 Å². The molecule has 1 aliphatic rings. The first kappa shape index (κ1) is 16.6. The molecule has 7 nitrogen and oxygen atoms in total. The lowest BCUT2D eigenvalue weighted by Crippen LogP contribution is -2.44. The second kappa shape index (κ2) is 6.14. The van der Waals surface area contributed by atoms with E-state index in [1.54, 1.807) is 12.4 Å².